The largest absolute Gasteiger partial charge is 0.480 e. The van der Waals surface area contributed by atoms with Crippen LogP contribution in [0.5, 0.6) is 0 Å². The van der Waals surface area contributed by atoms with Crippen molar-refractivity contribution in [2.75, 3.05) is 11.4 Å². The number of carbonyl (C=O) groups is 2. The number of hydrogen-bond donors (Lipinski definition) is 2. The third-order valence-electron chi connectivity index (χ3n) is 5.80. The van der Waals surface area contributed by atoms with E-state index in [9.17, 15) is 19.1 Å². The summed E-state index contributed by atoms with van der Waals surface area (Å²) in [6, 6.07) is 19.9. The molecule has 1 amide bonds. The number of halogens is 1. The lowest BCUT2D eigenvalue weighted by atomic mass is 9.99. The van der Waals surface area contributed by atoms with Gasteiger partial charge in [0.1, 0.15) is 18.4 Å². The Hall–Kier alpha value is -4.26. The smallest absolute Gasteiger partial charge is 0.323 e. The van der Waals surface area contributed by atoms with Crippen molar-refractivity contribution in [1.29, 1.82) is 0 Å². The van der Waals surface area contributed by atoms with E-state index in [1.54, 1.807) is 42.5 Å². The Bertz CT molecular complexity index is 1410. The molecule has 0 bridgehead atoms. The van der Waals surface area contributed by atoms with Gasteiger partial charge in [-0.05, 0) is 29.8 Å². The van der Waals surface area contributed by atoms with Gasteiger partial charge < -0.3 is 10.1 Å². The van der Waals surface area contributed by atoms with Crippen LogP contribution in [0.25, 0.3) is 10.9 Å². The molecule has 0 saturated carbocycles. The van der Waals surface area contributed by atoms with Crippen molar-refractivity contribution in [3.63, 3.8) is 0 Å². The van der Waals surface area contributed by atoms with Crippen LogP contribution < -0.4 is 4.90 Å². The van der Waals surface area contributed by atoms with Gasteiger partial charge in [0.15, 0.2) is 0 Å². The molecule has 1 atom stereocenters. The van der Waals surface area contributed by atoms with Crippen LogP contribution in [0.2, 0.25) is 0 Å². The zero-order valence-electron chi connectivity index (χ0n) is 17.5. The lowest BCUT2D eigenvalue weighted by molar-refractivity contribution is -0.136. The standard InChI is InChI=1S/C26H20FN3O3/c27-20-10-4-1-8-18(20)25-19-9-3-6-12-23(19)30(15-24(31)32)26(33)22(29-25)13-16-14-28-21-11-5-2-7-17(16)21/h1-12,14,22,28H,13,15H2,(H,31,32). The first-order chi connectivity index (χ1) is 16.0. The number of hydrogen-bond acceptors (Lipinski definition) is 3. The highest BCUT2D eigenvalue weighted by Gasteiger charge is 2.34. The molecule has 0 radical (unpaired) electrons. The van der Waals surface area contributed by atoms with Crippen LogP contribution in [-0.2, 0) is 16.0 Å². The topological polar surface area (TPSA) is 85.8 Å². The summed E-state index contributed by atoms with van der Waals surface area (Å²) < 4.78 is 14.8. The minimum atomic E-state index is -1.14. The van der Waals surface area contributed by atoms with Crippen LogP contribution in [0.15, 0.2) is 84.0 Å². The summed E-state index contributed by atoms with van der Waals surface area (Å²) in [5.41, 5.74) is 3.31. The Kier molecular flexibility index (Phi) is 5.22. The average Bonchev–Trinajstić information content (AvgIpc) is 3.19. The van der Waals surface area contributed by atoms with Gasteiger partial charge in [0.2, 0.25) is 0 Å². The number of benzene rings is 3. The predicted molar refractivity (Wildman–Crippen MR) is 124 cm³/mol. The molecule has 0 fully saturated rings. The van der Waals surface area contributed by atoms with E-state index >= 15 is 0 Å². The van der Waals surface area contributed by atoms with E-state index in [1.807, 2.05) is 30.5 Å². The summed E-state index contributed by atoms with van der Waals surface area (Å²) >= 11 is 0. The van der Waals surface area contributed by atoms with E-state index in [1.165, 1.54) is 11.0 Å². The number of benzodiazepines with no additional fused rings is 1. The second kappa shape index (κ2) is 8.35. The fraction of sp³-hybridized carbons (Fsp3) is 0.115. The van der Waals surface area contributed by atoms with Gasteiger partial charge in [-0.1, -0.05) is 48.5 Å². The maximum absolute atomic E-state index is 14.8. The minimum absolute atomic E-state index is 0.241. The van der Waals surface area contributed by atoms with Gasteiger partial charge in [0.25, 0.3) is 5.91 Å². The molecule has 6 nitrogen and oxygen atoms in total. The number of aromatic amines is 1. The maximum Gasteiger partial charge on any atom is 0.323 e. The average molecular weight is 441 g/mol. The van der Waals surface area contributed by atoms with Crippen LogP contribution >= 0.6 is 0 Å². The van der Waals surface area contributed by atoms with Gasteiger partial charge in [-0.2, -0.15) is 0 Å². The van der Waals surface area contributed by atoms with Crippen molar-refractivity contribution >= 4 is 34.2 Å². The first-order valence-electron chi connectivity index (χ1n) is 10.5. The molecule has 1 aliphatic rings. The SMILES string of the molecule is O=C(O)CN1C(=O)C(Cc2c[nH]c3ccccc23)N=C(c2ccccc2F)c2ccccc21. The molecule has 0 aliphatic carbocycles. The maximum atomic E-state index is 14.8. The van der Waals surface area contributed by atoms with Crippen LogP contribution in [0.1, 0.15) is 16.7 Å². The van der Waals surface area contributed by atoms with Crippen LogP contribution in [0, 0.1) is 5.82 Å². The predicted octanol–water partition coefficient (Wildman–Crippen LogP) is 4.19. The second-order valence-corrected chi connectivity index (χ2v) is 7.87. The summed E-state index contributed by atoms with van der Waals surface area (Å²) in [5.74, 6) is -2.05. The zero-order chi connectivity index (χ0) is 22.9. The minimum Gasteiger partial charge on any atom is -0.480 e. The Morgan fingerprint density at radius 3 is 2.48 bits per heavy atom. The normalized spacial score (nSPS) is 15.8. The highest BCUT2D eigenvalue weighted by Crippen LogP contribution is 2.31. The first kappa shape index (κ1) is 20.6. The van der Waals surface area contributed by atoms with E-state index in [-0.39, 0.29) is 12.0 Å². The van der Waals surface area contributed by atoms with Crippen molar-refractivity contribution < 1.29 is 19.1 Å². The third-order valence-corrected chi connectivity index (χ3v) is 5.80. The molecule has 7 heteroatoms. The number of rotatable bonds is 5. The lowest BCUT2D eigenvalue weighted by Crippen LogP contribution is -2.42. The summed E-state index contributed by atoms with van der Waals surface area (Å²) in [6.07, 6.45) is 2.07. The molecule has 2 heterocycles. The molecule has 0 saturated heterocycles. The second-order valence-electron chi connectivity index (χ2n) is 7.87. The summed E-state index contributed by atoms with van der Waals surface area (Å²) in [4.78, 5) is 34.4. The number of carboxylic acids is 1. The molecule has 33 heavy (non-hydrogen) atoms. The summed E-state index contributed by atoms with van der Waals surface area (Å²) in [5, 5.41) is 10.5. The first-order valence-corrected chi connectivity index (χ1v) is 10.5. The van der Waals surface area contributed by atoms with Crippen molar-refractivity contribution in [3.05, 3.63) is 102 Å². The number of carboxylic acid groups (broad SMARTS) is 1. The van der Waals surface area contributed by atoms with Crippen LogP contribution in [-0.4, -0.2) is 40.3 Å². The molecule has 2 N–H and O–H groups in total. The van der Waals surface area contributed by atoms with Crippen LogP contribution in [0.4, 0.5) is 10.1 Å². The van der Waals surface area contributed by atoms with Gasteiger partial charge in [-0.25, -0.2) is 4.39 Å². The molecular formula is C26H20FN3O3. The number of H-pyrrole nitrogens is 1. The molecule has 1 unspecified atom stereocenters. The summed E-state index contributed by atoms with van der Waals surface area (Å²) in [7, 11) is 0. The lowest BCUT2D eigenvalue weighted by Gasteiger charge is -2.23. The molecular weight excluding hydrogens is 421 g/mol. The number of carbonyl (C=O) groups excluding carboxylic acids is 1. The van der Waals surface area contributed by atoms with E-state index in [0.29, 0.717) is 17.0 Å². The number of nitrogens with one attached hydrogen (secondary N) is 1. The van der Waals surface area contributed by atoms with Gasteiger partial charge in [0.05, 0.1) is 11.4 Å². The van der Waals surface area contributed by atoms with Crippen molar-refractivity contribution in [2.45, 2.75) is 12.5 Å². The highest BCUT2D eigenvalue weighted by atomic mass is 19.1. The fourth-order valence-electron chi connectivity index (χ4n) is 4.30. The number of fused-ring (bicyclic) bond motifs is 2. The number of aromatic nitrogens is 1. The molecule has 3 aromatic carbocycles. The number of aliphatic imine (C=N–C) groups is 1. The molecule has 0 spiro atoms. The van der Waals surface area contributed by atoms with Crippen molar-refractivity contribution in [2.24, 2.45) is 4.99 Å². The number of para-hydroxylation sites is 2. The Balaban J connectivity index is 1.69. The van der Waals surface area contributed by atoms with Gasteiger partial charge in [-0.3, -0.25) is 19.5 Å². The van der Waals surface area contributed by atoms with E-state index in [4.69, 9.17) is 4.99 Å². The van der Waals surface area contributed by atoms with E-state index in [0.717, 1.165) is 16.5 Å². The fourth-order valence-corrected chi connectivity index (χ4v) is 4.30. The van der Waals surface area contributed by atoms with Crippen molar-refractivity contribution in [3.8, 4) is 0 Å². The Morgan fingerprint density at radius 1 is 1.00 bits per heavy atom. The quantitative estimate of drug-likeness (QED) is 0.487. The number of anilines is 1. The number of amides is 1. The number of nitrogens with zero attached hydrogens (tertiary/aromatic N) is 2. The van der Waals surface area contributed by atoms with Crippen molar-refractivity contribution in [1.82, 2.24) is 4.98 Å². The Labute approximate surface area is 189 Å². The molecule has 4 aromatic rings. The molecule has 1 aliphatic heterocycles. The van der Waals surface area contributed by atoms with Gasteiger partial charge in [-0.15, -0.1) is 0 Å². The molecule has 164 valence electrons. The van der Waals surface area contributed by atoms with E-state index in [2.05, 4.69) is 4.98 Å². The van der Waals surface area contributed by atoms with E-state index < -0.39 is 30.3 Å². The monoisotopic (exact) mass is 441 g/mol. The molecule has 1 aromatic heterocycles. The molecule has 5 rings (SSSR count). The zero-order valence-corrected chi connectivity index (χ0v) is 17.5. The highest BCUT2D eigenvalue weighted by molar-refractivity contribution is 6.20. The van der Waals surface area contributed by atoms with Gasteiger partial charge >= 0.3 is 5.97 Å². The van der Waals surface area contributed by atoms with Crippen LogP contribution in [0.3, 0.4) is 0 Å². The third kappa shape index (κ3) is 3.78. The number of aliphatic carboxylic acids is 1. The summed E-state index contributed by atoms with van der Waals surface area (Å²) in [6.45, 7) is -0.514. The van der Waals surface area contributed by atoms with Gasteiger partial charge in [0, 0.05) is 34.6 Å². The Morgan fingerprint density at radius 2 is 1.70 bits per heavy atom.